The molecule has 0 aliphatic rings. The average molecular weight is 315 g/mol. The molecule has 0 spiro atoms. The monoisotopic (exact) mass is 315 g/mol. The lowest BCUT2D eigenvalue weighted by Gasteiger charge is -2.16. The highest BCUT2D eigenvalue weighted by molar-refractivity contribution is 7.89. The zero-order valence-electron chi connectivity index (χ0n) is 12.9. The normalized spacial score (nSPS) is 13.4. The summed E-state index contributed by atoms with van der Waals surface area (Å²) in [5.41, 5.74) is 0. The number of ether oxygens (including phenoxy) is 1. The molecule has 1 rings (SSSR count). The molecular formula is C15H25NO4S. The van der Waals surface area contributed by atoms with Crippen LogP contribution in [0, 0.1) is 5.92 Å². The SMILES string of the molecule is CC(C)CC(C)NS(=O)(=O)c1ccc(OCCCO)cc1. The highest BCUT2D eigenvalue weighted by Crippen LogP contribution is 2.17. The molecule has 2 N–H and O–H groups in total. The Labute approximate surface area is 127 Å². The molecule has 0 aliphatic carbocycles. The number of rotatable bonds is 9. The van der Waals surface area contributed by atoms with Gasteiger partial charge in [0, 0.05) is 19.1 Å². The largest absolute Gasteiger partial charge is 0.494 e. The van der Waals surface area contributed by atoms with Crippen LogP contribution in [-0.2, 0) is 10.0 Å². The molecule has 1 aromatic rings. The number of hydrogen-bond donors (Lipinski definition) is 2. The van der Waals surface area contributed by atoms with E-state index in [1.807, 2.05) is 6.92 Å². The molecule has 0 radical (unpaired) electrons. The summed E-state index contributed by atoms with van der Waals surface area (Å²) in [6.45, 7) is 6.47. The summed E-state index contributed by atoms with van der Waals surface area (Å²) in [5.74, 6) is 1.03. The van der Waals surface area contributed by atoms with E-state index in [0.717, 1.165) is 6.42 Å². The second-order valence-corrected chi connectivity index (χ2v) is 7.26. The fraction of sp³-hybridized carbons (Fsp3) is 0.600. The zero-order valence-corrected chi connectivity index (χ0v) is 13.7. The van der Waals surface area contributed by atoms with Crippen LogP contribution in [0.4, 0.5) is 0 Å². The first kappa shape index (κ1) is 17.9. The Morgan fingerprint density at radius 1 is 1.19 bits per heavy atom. The minimum absolute atomic E-state index is 0.0735. The van der Waals surface area contributed by atoms with Gasteiger partial charge in [0.25, 0.3) is 0 Å². The lowest BCUT2D eigenvalue weighted by atomic mass is 10.1. The molecule has 6 heteroatoms. The van der Waals surface area contributed by atoms with Crippen molar-refractivity contribution in [1.29, 1.82) is 0 Å². The van der Waals surface area contributed by atoms with Gasteiger partial charge in [-0.3, -0.25) is 0 Å². The van der Waals surface area contributed by atoms with Crippen molar-refractivity contribution >= 4 is 10.0 Å². The average Bonchev–Trinajstić information content (AvgIpc) is 2.38. The molecule has 0 heterocycles. The zero-order chi connectivity index (χ0) is 15.9. The van der Waals surface area contributed by atoms with Gasteiger partial charge >= 0.3 is 0 Å². The molecule has 0 fully saturated rings. The van der Waals surface area contributed by atoms with Crippen molar-refractivity contribution in [3.8, 4) is 5.75 Å². The lowest BCUT2D eigenvalue weighted by Crippen LogP contribution is -2.33. The van der Waals surface area contributed by atoms with Crippen LogP contribution >= 0.6 is 0 Å². The molecule has 1 unspecified atom stereocenters. The van der Waals surface area contributed by atoms with Crippen molar-refractivity contribution in [2.24, 2.45) is 5.92 Å². The van der Waals surface area contributed by atoms with E-state index in [0.29, 0.717) is 24.7 Å². The number of benzene rings is 1. The molecule has 1 atom stereocenters. The Kier molecular flexibility index (Phi) is 7.14. The highest BCUT2D eigenvalue weighted by atomic mass is 32.2. The molecular weight excluding hydrogens is 290 g/mol. The third-order valence-electron chi connectivity index (χ3n) is 2.89. The number of nitrogens with one attached hydrogen (secondary N) is 1. The summed E-state index contributed by atoms with van der Waals surface area (Å²) >= 11 is 0. The summed E-state index contributed by atoms with van der Waals surface area (Å²) in [5, 5.41) is 8.67. The third kappa shape index (κ3) is 6.46. The quantitative estimate of drug-likeness (QED) is 0.685. The fourth-order valence-electron chi connectivity index (χ4n) is 2.06. The second-order valence-electron chi connectivity index (χ2n) is 5.55. The number of aliphatic hydroxyl groups is 1. The maximum absolute atomic E-state index is 12.2. The van der Waals surface area contributed by atoms with Gasteiger partial charge in [-0.1, -0.05) is 13.8 Å². The van der Waals surface area contributed by atoms with Crippen molar-refractivity contribution in [3.05, 3.63) is 24.3 Å². The standard InChI is InChI=1S/C15H25NO4S/c1-12(2)11-13(3)16-21(18,19)15-7-5-14(6-8-15)20-10-4-9-17/h5-8,12-13,16-17H,4,9-11H2,1-3H3. The van der Waals surface area contributed by atoms with Gasteiger partial charge < -0.3 is 9.84 Å². The molecule has 0 saturated heterocycles. The summed E-state index contributed by atoms with van der Waals surface area (Å²) in [6.07, 6.45) is 1.34. The molecule has 21 heavy (non-hydrogen) atoms. The van der Waals surface area contributed by atoms with Crippen LogP contribution in [0.2, 0.25) is 0 Å². The summed E-state index contributed by atoms with van der Waals surface area (Å²) < 4.78 is 32.5. The van der Waals surface area contributed by atoms with Crippen molar-refractivity contribution < 1.29 is 18.3 Å². The molecule has 0 amide bonds. The van der Waals surface area contributed by atoms with Crippen LogP contribution in [0.1, 0.15) is 33.6 Å². The summed E-state index contributed by atoms with van der Waals surface area (Å²) in [7, 11) is -3.49. The third-order valence-corrected chi connectivity index (χ3v) is 4.49. The van der Waals surface area contributed by atoms with E-state index in [1.54, 1.807) is 12.1 Å². The van der Waals surface area contributed by atoms with E-state index < -0.39 is 10.0 Å². The van der Waals surface area contributed by atoms with Gasteiger partial charge in [-0.05, 0) is 43.5 Å². The van der Waals surface area contributed by atoms with Gasteiger partial charge in [0.05, 0.1) is 11.5 Å². The van der Waals surface area contributed by atoms with Crippen molar-refractivity contribution in [2.45, 2.75) is 44.6 Å². The van der Waals surface area contributed by atoms with E-state index in [9.17, 15) is 8.42 Å². The molecule has 0 aromatic heterocycles. The predicted octanol–water partition coefficient (Wildman–Crippen LogP) is 2.16. The van der Waals surface area contributed by atoms with E-state index >= 15 is 0 Å². The molecule has 120 valence electrons. The summed E-state index contributed by atoms with van der Waals surface area (Å²) in [6, 6.07) is 6.20. The maximum atomic E-state index is 12.2. The minimum Gasteiger partial charge on any atom is -0.494 e. The molecule has 0 aliphatic heterocycles. The van der Waals surface area contributed by atoms with Crippen LogP contribution in [0.5, 0.6) is 5.75 Å². The predicted molar refractivity (Wildman–Crippen MR) is 82.9 cm³/mol. The fourth-order valence-corrected chi connectivity index (χ4v) is 3.31. The Morgan fingerprint density at radius 3 is 2.33 bits per heavy atom. The smallest absolute Gasteiger partial charge is 0.240 e. The lowest BCUT2D eigenvalue weighted by molar-refractivity contribution is 0.233. The number of aliphatic hydroxyl groups excluding tert-OH is 1. The number of sulfonamides is 1. The number of hydrogen-bond acceptors (Lipinski definition) is 4. The topological polar surface area (TPSA) is 75.6 Å². The Morgan fingerprint density at radius 2 is 1.81 bits per heavy atom. The van der Waals surface area contributed by atoms with Gasteiger partial charge in [-0.25, -0.2) is 13.1 Å². The van der Waals surface area contributed by atoms with Gasteiger partial charge in [-0.2, -0.15) is 0 Å². The Balaban J connectivity index is 2.66. The maximum Gasteiger partial charge on any atom is 0.240 e. The van der Waals surface area contributed by atoms with Crippen molar-refractivity contribution in [2.75, 3.05) is 13.2 Å². The van der Waals surface area contributed by atoms with E-state index in [4.69, 9.17) is 9.84 Å². The van der Waals surface area contributed by atoms with E-state index in [1.165, 1.54) is 12.1 Å². The van der Waals surface area contributed by atoms with Gasteiger partial charge in [0.1, 0.15) is 5.75 Å². The van der Waals surface area contributed by atoms with E-state index in [-0.39, 0.29) is 17.5 Å². The molecule has 1 aromatic carbocycles. The van der Waals surface area contributed by atoms with Crippen LogP contribution in [0.25, 0.3) is 0 Å². The second kappa shape index (κ2) is 8.36. The molecule has 0 saturated carbocycles. The van der Waals surface area contributed by atoms with Gasteiger partial charge in [0.2, 0.25) is 10.0 Å². The highest BCUT2D eigenvalue weighted by Gasteiger charge is 2.17. The van der Waals surface area contributed by atoms with Crippen LogP contribution in [-0.4, -0.2) is 32.8 Å². The summed E-state index contributed by atoms with van der Waals surface area (Å²) in [4.78, 5) is 0.229. The minimum atomic E-state index is -3.49. The first-order valence-corrected chi connectivity index (χ1v) is 8.69. The Hall–Kier alpha value is -1.11. The van der Waals surface area contributed by atoms with Crippen LogP contribution in [0.15, 0.2) is 29.2 Å². The van der Waals surface area contributed by atoms with Crippen LogP contribution in [0.3, 0.4) is 0 Å². The van der Waals surface area contributed by atoms with Crippen molar-refractivity contribution in [1.82, 2.24) is 4.72 Å². The first-order valence-electron chi connectivity index (χ1n) is 7.21. The van der Waals surface area contributed by atoms with Crippen LogP contribution < -0.4 is 9.46 Å². The molecule has 5 nitrogen and oxygen atoms in total. The Bertz CT molecular complexity index is 511. The van der Waals surface area contributed by atoms with Gasteiger partial charge in [-0.15, -0.1) is 0 Å². The van der Waals surface area contributed by atoms with Gasteiger partial charge in [0.15, 0.2) is 0 Å². The first-order chi connectivity index (χ1) is 9.85. The van der Waals surface area contributed by atoms with Crippen molar-refractivity contribution in [3.63, 3.8) is 0 Å². The molecule has 0 bridgehead atoms. The van der Waals surface area contributed by atoms with E-state index in [2.05, 4.69) is 18.6 Å².